The number of aromatic hydroxyl groups is 1. The summed E-state index contributed by atoms with van der Waals surface area (Å²) >= 11 is 5.88. The van der Waals surface area contributed by atoms with E-state index in [-0.39, 0.29) is 17.2 Å². The SMILES string of the molecule is CC(C)(C#N)N1CCN(C(=O)c2cc(Cl)ccc2O)CC1. The van der Waals surface area contributed by atoms with Gasteiger partial charge in [-0.2, -0.15) is 5.26 Å². The lowest BCUT2D eigenvalue weighted by atomic mass is 10.0. The number of amides is 1. The van der Waals surface area contributed by atoms with E-state index in [9.17, 15) is 9.90 Å². The van der Waals surface area contributed by atoms with E-state index in [1.807, 2.05) is 13.8 Å². The number of rotatable bonds is 2. The maximum absolute atomic E-state index is 12.4. The fourth-order valence-electron chi connectivity index (χ4n) is 2.39. The maximum atomic E-state index is 12.4. The largest absolute Gasteiger partial charge is 0.507 e. The van der Waals surface area contributed by atoms with E-state index in [0.717, 1.165) is 0 Å². The molecule has 1 aromatic rings. The lowest BCUT2D eigenvalue weighted by Gasteiger charge is -2.40. The van der Waals surface area contributed by atoms with Crippen molar-refractivity contribution >= 4 is 17.5 Å². The zero-order chi connectivity index (χ0) is 15.6. The summed E-state index contributed by atoms with van der Waals surface area (Å²) in [6.45, 7) is 6.05. The van der Waals surface area contributed by atoms with Gasteiger partial charge in [0.05, 0.1) is 11.6 Å². The number of phenolic OH excluding ortho intramolecular Hbond substituents is 1. The molecule has 21 heavy (non-hydrogen) atoms. The molecule has 1 fully saturated rings. The Hall–Kier alpha value is -1.77. The first-order valence-electron chi connectivity index (χ1n) is 6.79. The molecule has 0 unspecified atom stereocenters. The van der Waals surface area contributed by atoms with E-state index < -0.39 is 5.54 Å². The molecule has 2 rings (SSSR count). The van der Waals surface area contributed by atoms with Crippen molar-refractivity contribution in [1.82, 2.24) is 9.80 Å². The van der Waals surface area contributed by atoms with E-state index in [4.69, 9.17) is 16.9 Å². The molecule has 1 aromatic carbocycles. The van der Waals surface area contributed by atoms with Gasteiger partial charge >= 0.3 is 0 Å². The van der Waals surface area contributed by atoms with Crippen LogP contribution in [0.1, 0.15) is 24.2 Å². The van der Waals surface area contributed by atoms with Gasteiger partial charge in [0.15, 0.2) is 0 Å². The molecule has 0 bridgehead atoms. The molecule has 112 valence electrons. The summed E-state index contributed by atoms with van der Waals surface area (Å²) in [4.78, 5) is 16.1. The van der Waals surface area contributed by atoms with Gasteiger partial charge in [-0.3, -0.25) is 9.69 Å². The minimum absolute atomic E-state index is 0.0656. The summed E-state index contributed by atoms with van der Waals surface area (Å²) in [5.41, 5.74) is -0.316. The molecule has 6 heteroatoms. The van der Waals surface area contributed by atoms with Crippen LogP contribution in [0.15, 0.2) is 18.2 Å². The highest BCUT2D eigenvalue weighted by atomic mass is 35.5. The summed E-state index contributed by atoms with van der Waals surface area (Å²) in [5.74, 6) is -0.298. The van der Waals surface area contributed by atoms with Gasteiger partial charge in [0.25, 0.3) is 5.91 Å². The molecule has 1 aliphatic rings. The Morgan fingerprint density at radius 2 is 1.95 bits per heavy atom. The first-order valence-corrected chi connectivity index (χ1v) is 7.17. The topological polar surface area (TPSA) is 67.6 Å². The Kier molecular flexibility index (Phi) is 4.40. The van der Waals surface area contributed by atoms with Crippen LogP contribution in [-0.2, 0) is 0 Å². The third-order valence-electron chi connectivity index (χ3n) is 3.82. The Morgan fingerprint density at radius 1 is 1.33 bits per heavy atom. The standard InChI is InChI=1S/C15H18ClN3O2/c1-15(2,10-17)19-7-5-18(6-8-19)14(21)12-9-11(16)3-4-13(12)20/h3-4,9,20H,5-8H2,1-2H3. The summed E-state index contributed by atoms with van der Waals surface area (Å²) in [7, 11) is 0. The Bertz CT molecular complexity index is 587. The molecule has 0 aromatic heterocycles. The first-order chi connectivity index (χ1) is 9.85. The predicted octanol–water partition coefficient (Wildman–Crippen LogP) is 2.11. The number of nitriles is 1. The fraction of sp³-hybridized carbons (Fsp3) is 0.467. The normalized spacial score (nSPS) is 16.6. The van der Waals surface area contributed by atoms with E-state index in [1.165, 1.54) is 12.1 Å². The van der Waals surface area contributed by atoms with E-state index >= 15 is 0 Å². The first kappa shape index (κ1) is 15.6. The van der Waals surface area contributed by atoms with Crippen LogP contribution >= 0.6 is 11.6 Å². The number of carbonyl (C=O) groups is 1. The number of phenols is 1. The highest BCUT2D eigenvalue weighted by molar-refractivity contribution is 6.31. The molecule has 0 aliphatic carbocycles. The van der Waals surface area contributed by atoms with E-state index in [0.29, 0.717) is 31.2 Å². The van der Waals surface area contributed by atoms with Gasteiger partial charge in [0.1, 0.15) is 11.3 Å². The van der Waals surface area contributed by atoms with Crippen molar-refractivity contribution in [2.75, 3.05) is 26.2 Å². The number of halogens is 1. The fourth-order valence-corrected chi connectivity index (χ4v) is 2.56. The zero-order valence-electron chi connectivity index (χ0n) is 12.1. The lowest BCUT2D eigenvalue weighted by molar-refractivity contribution is 0.0518. The smallest absolute Gasteiger partial charge is 0.257 e. The Morgan fingerprint density at radius 3 is 2.52 bits per heavy atom. The second-order valence-corrected chi connectivity index (χ2v) is 6.05. The van der Waals surface area contributed by atoms with Crippen LogP contribution in [0.3, 0.4) is 0 Å². The summed E-state index contributed by atoms with van der Waals surface area (Å²) in [5, 5.41) is 19.4. The second kappa shape index (κ2) is 5.92. The van der Waals surface area contributed by atoms with Crippen molar-refractivity contribution in [3.8, 4) is 11.8 Å². The number of hydrogen-bond acceptors (Lipinski definition) is 4. The third kappa shape index (κ3) is 3.29. The van der Waals surface area contributed by atoms with Crippen molar-refractivity contribution in [3.05, 3.63) is 28.8 Å². The highest BCUT2D eigenvalue weighted by Gasteiger charge is 2.31. The molecular formula is C15H18ClN3O2. The van der Waals surface area contributed by atoms with Crippen LogP contribution in [-0.4, -0.2) is 52.5 Å². The number of hydrogen-bond donors (Lipinski definition) is 1. The summed E-state index contributed by atoms with van der Waals surface area (Å²) in [6.07, 6.45) is 0. The van der Waals surface area contributed by atoms with Gasteiger partial charge in [0.2, 0.25) is 0 Å². The van der Waals surface area contributed by atoms with Gasteiger partial charge in [-0.1, -0.05) is 11.6 Å². The summed E-state index contributed by atoms with van der Waals surface area (Å²) < 4.78 is 0. The van der Waals surface area contributed by atoms with Crippen molar-refractivity contribution in [2.45, 2.75) is 19.4 Å². The zero-order valence-corrected chi connectivity index (χ0v) is 12.9. The quantitative estimate of drug-likeness (QED) is 0.908. The third-order valence-corrected chi connectivity index (χ3v) is 4.06. The average Bonchev–Trinajstić information content (AvgIpc) is 2.49. The average molecular weight is 308 g/mol. The number of piperazine rings is 1. The van der Waals surface area contributed by atoms with Crippen LogP contribution in [0.2, 0.25) is 5.02 Å². The molecule has 0 radical (unpaired) electrons. The van der Waals surface area contributed by atoms with E-state index in [2.05, 4.69) is 11.0 Å². The monoisotopic (exact) mass is 307 g/mol. The van der Waals surface area contributed by atoms with E-state index in [1.54, 1.807) is 11.0 Å². The molecule has 1 amide bonds. The van der Waals surface area contributed by atoms with Crippen LogP contribution in [0.25, 0.3) is 0 Å². The van der Waals surface area contributed by atoms with Crippen LogP contribution in [0.5, 0.6) is 5.75 Å². The molecular weight excluding hydrogens is 290 g/mol. The van der Waals surface area contributed by atoms with Gasteiger partial charge < -0.3 is 10.0 Å². The van der Waals surface area contributed by atoms with Crippen LogP contribution in [0.4, 0.5) is 0 Å². The van der Waals surface area contributed by atoms with Gasteiger partial charge in [-0.15, -0.1) is 0 Å². The number of nitrogens with zero attached hydrogens (tertiary/aromatic N) is 3. The lowest BCUT2D eigenvalue weighted by Crippen LogP contribution is -2.55. The molecule has 1 saturated heterocycles. The van der Waals surface area contributed by atoms with Crippen molar-refractivity contribution < 1.29 is 9.90 Å². The molecule has 1 N–H and O–H groups in total. The minimum atomic E-state index is -0.534. The highest BCUT2D eigenvalue weighted by Crippen LogP contribution is 2.24. The Labute approximate surface area is 129 Å². The molecule has 0 spiro atoms. The van der Waals surface area contributed by atoms with Crippen LogP contribution in [0, 0.1) is 11.3 Å². The predicted molar refractivity (Wildman–Crippen MR) is 80.3 cm³/mol. The summed E-state index contributed by atoms with van der Waals surface area (Å²) in [6, 6.07) is 6.71. The number of carbonyl (C=O) groups excluding carboxylic acids is 1. The Balaban J connectivity index is 2.07. The molecule has 1 heterocycles. The molecule has 0 saturated carbocycles. The van der Waals surface area contributed by atoms with Gasteiger partial charge in [0, 0.05) is 31.2 Å². The molecule has 0 atom stereocenters. The number of benzene rings is 1. The van der Waals surface area contributed by atoms with Gasteiger partial charge in [-0.05, 0) is 32.0 Å². The van der Waals surface area contributed by atoms with Crippen LogP contribution < -0.4 is 0 Å². The van der Waals surface area contributed by atoms with Crippen molar-refractivity contribution in [2.24, 2.45) is 0 Å². The molecule has 5 nitrogen and oxygen atoms in total. The van der Waals surface area contributed by atoms with Gasteiger partial charge in [-0.25, -0.2) is 0 Å². The van der Waals surface area contributed by atoms with Crippen molar-refractivity contribution in [3.63, 3.8) is 0 Å². The van der Waals surface area contributed by atoms with Crippen molar-refractivity contribution in [1.29, 1.82) is 5.26 Å². The second-order valence-electron chi connectivity index (χ2n) is 5.61. The molecule has 1 aliphatic heterocycles. The maximum Gasteiger partial charge on any atom is 0.257 e. The minimum Gasteiger partial charge on any atom is -0.507 e.